The fourth-order valence-electron chi connectivity index (χ4n) is 1.68. The minimum atomic E-state index is 0.419. The first kappa shape index (κ1) is 12.9. The standard InChI is InChI=1S/C14H22N2/c1-3-4-5-6-7-10-16-13(2)14-8-11-15-12-9-14/h3,8-9,11-13,16H,1,4-7,10H2,2H3/t13-/m0/s1. The molecule has 0 unspecified atom stereocenters. The van der Waals surface area contributed by atoms with Crippen molar-refractivity contribution in [3.8, 4) is 0 Å². The number of rotatable bonds is 8. The van der Waals surface area contributed by atoms with E-state index < -0.39 is 0 Å². The summed E-state index contributed by atoms with van der Waals surface area (Å²) in [6, 6.07) is 4.55. The Hall–Kier alpha value is -1.15. The molecule has 0 bridgehead atoms. The Morgan fingerprint density at radius 2 is 2.06 bits per heavy atom. The lowest BCUT2D eigenvalue weighted by Crippen LogP contribution is -2.19. The van der Waals surface area contributed by atoms with Gasteiger partial charge in [0, 0.05) is 18.4 Å². The van der Waals surface area contributed by atoms with Crippen LogP contribution in [0.2, 0.25) is 0 Å². The maximum absolute atomic E-state index is 4.02. The summed E-state index contributed by atoms with van der Waals surface area (Å²) >= 11 is 0. The van der Waals surface area contributed by atoms with E-state index in [1.54, 1.807) is 0 Å². The van der Waals surface area contributed by atoms with E-state index in [0.29, 0.717) is 6.04 Å². The van der Waals surface area contributed by atoms with Gasteiger partial charge in [-0.05, 0) is 50.4 Å². The lowest BCUT2D eigenvalue weighted by Gasteiger charge is -2.13. The quantitative estimate of drug-likeness (QED) is 0.534. The van der Waals surface area contributed by atoms with Gasteiger partial charge in [-0.15, -0.1) is 6.58 Å². The molecule has 1 aromatic heterocycles. The van der Waals surface area contributed by atoms with E-state index in [0.717, 1.165) is 13.0 Å². The van der Waals surface area contributed by atoms with Gasteiger partial charge in [-0.25, -0.2) is 0 Å². The fourth-order valence-corrected chi connectivity index (χ4v) is 1.68. The third-order valence-electron chi connectivity index (χ3n) is 2.74. The van der Waals surface area contributed by atoms with E-state index in [4.69, 9.17) is 0 Å². The summed E-state index contributed by atoms with van der Waals surface area (Å²) in [7, 11) is 0. The van der Waals surface area contributed by atoms with Crippen LogP contribution in [0.1, 0.15) is 44.2 Å². The number of pyridine rings is 1. The molecule has 0 saturated carbocycles. The van der Waals surface area contributed by atoms with Crippen molar-refractivity contribution >= 4 is 0 Å². The van der Waals surface area contributed by atoms with Crippen LogP contribution in [0.5, 0.6) is 0 Å². The molecule has 0 aliphatic heterocycles. The third-order valence-corrected chi connectivity index (χ3v) is 2.74. The van der Waals surface area contributed by atoms with E-state index in [1.165, 1.54) is 24.8 Å². The summed E-state index contributed by atoms with van der Waals surface area (Å²) < 4.78 is 0. The molecule has 0 aliphatic rings. The van der Waals surface area contributed by atoms with Gasteiger partial charge in [0.15, 0.2) is 0 Å². The van der Waals surface area contributed by atoms with Gasteiger partial charge in [-0.2, -0.15) is 0 Å². The number of nitrogens with zero attached hydrogens (tertiary/aromatic N) is 1. The summed E-state index contributed by atoms with van der Waals surface area (Å²) in [5.74, 6) is 0. The maximum Gasteiger partial charge on any atom is 0.0292 e. The molecule has 1 rings (SSSR count). The Bertz CT molecular complexity index is 282. The Labute approximate surface area is 98.8 Å². The van der Waals surface area contributed by atoms with Crippen LogP contribution in [0.3, 0.4) is 0 Å². The molecule has 16 heavy (non-hydrogen) atoms. The molecule has 2 nitrogen and oxygen atoms in total. The highest BCUT2D eigenvalue weighted by atomic mass is 14.9. The van der Waals surface area contributed by atoms with Crippen molar-refractivity contribution in [3.63, 3.8) is 0 Å². The van der Waals surface area contributed by atoms with Crippen molar-refractivity contribution in [3.05, 3.63) is 42.7 Å². The first-order chi connectivity index (χ1) is 7.84. The highest BCUT2D eigenvalue weighted by molar-refractivity contribution is 5.13. The molecular weight excluding hydrogens is 196 g/mol. The summed E-state index contributed by atoms with van der Waals surface area (Å²) in [5, 5.41) is 3.52. The Balaban J connectivity index is 2.11. The first-order valence-corrected chi connectivity index (χ1v) is 6.09. The van der Waals surface area contributed by atoms with E-state index >= 15 is 0 Å². The van der Waals surface area contributed by atoms with Gasteiger partial charge < -0.3 is 5.32 Å². The molecule has 1 atom stereocenters. The van der Waals surface area contributed by atoms with Crippen molar-refractivity contribution in [2.45, 2.75) is 38.6 Å². The van der Waals surface area contributed by atoms with Crippen molar-refractivity contribution in [2.75, 3.05) is 6.54 Å². The maximum atomic E-state index is 4.02. The minimum absolute atomic E-state index is 0.419. The fraction of sp³-hybridized carbons (Fsp3) is 0.500. The van der Waals surface area contributed by atoms with Gasteiger partial charge in [0.1, 0.15) is 0 Å². The molecule has 1 N–H and O–H groups in total. The van der Waals surface area contributed by atoms with Crippen LogP contribution in [0, 0.1) is 0 Å². The molecule has 1 aromatic rings. The van der Waals surface area contributed by atoms with Gasteiger partial charge in [0.2, 0.25) is 0 Å². The second-order valence-corrected chi connectivity index (χ2v) is 4.09. The first-order valence-electron chi connectivity index (χ1n) is 6.09. The number of unbranched alkanes of at least 4 members (excludes halogenated alkanes) is 3. The number of hydrogen-bond acceptors (Lipinski definition) is 2. The zero-order valence-electron chi connectivity index (χ0n) is 10.2. The van der Waals surface area contributed by atoms with Gasteiger partial charge in [-0.1, -0.05) is 12.5 Å². The Kier molecular flexibility index (Phi) is 6.50. The molecule has 0 spiro atoms. The van der Waals surface area contributed by atoms with Crippen molar-refractivity contribution in [1.82, 2.24) is 10.3 Å². The Morgan fingerprint density at radius 1 is 1.31 bits per heavy atom. The molecule has 1 heterocycles. The van der Waals surface area contributed by atoms with Crippen molar-refractivity contribution in [2.24, 2.45) is 0 Å². The largest absolute Gasteiger partial charge is 0.310 e. The zero-order valence-corrected chi connectivity index (χ0v) is 10.2. The molecule has 0 aromatic carbocycles. The van der Waals surface area contributed by atoms with E-state index in [-0.39, 0.29) is 0 Å². The molecule has 0 amide bonds. The highest BCUT2D eigenvalue weighted by Crippen LogP contribution is 2.10. The molecular formula is C14H22N2. The molecule has 0 fully saturated rings. The topological polar surface area (TPSA) is 24.9 Å². The van der Waals surface area contributed by atoms with Crippen LogP contribution in [-0.4, -0.2) is 11.5 Å². The molecule has 2 heteroatoms. The lowest BCUT2D eigenvalue weighted by molar-refractivity contribution is 0.539. The van der Waals surface area contributed by atoms with Crippen LogP contribution in [-0.2, 0) is 0 Å². The number of aromatic nitrogens is 1. The summed E-state index contributed by atoms with van der Waals surface area (Å²) in [6.07, 6.45) is 10.6. The summed E-state index contributed by atoms with van der Waals surface area (Å²) in [6.45, 7) is 7.00. The van der Waals surface area contributed by atoms with Crippen molar-refractivity contribution in [1.29, 1.82) is 0 Å². The van der Waals surface area contributed by atoms with E-state index in [9.17, 15) is 0 Å². The van der Waals surface area contributed by atoms with E-state index in [2.05, 4.69) is 35.9 Å². The van der Waals surface area contributed by atoms with E-state index in [1.807, 2.05) is 18.5 Å². The van der Waals surface area contributed by atoms with Crippen LogP contribution in [0.4, 0.5) is 0 Å². The molecule has 0 aliphatic carbocycles. The predicted molar refractivity (Wildman–Crippen MR) is 69.3 cm³/mol. The summed E-state index contributed by atoms with van der Waals surface area (Å²) in [5.41, 5.74) is 1.31. The van der Waals surface area contributed by atoms with Crippen LogP contribution < -0.4 is 5.32 Å². The zero-order chi connectivity index (χ0) is 11.6. The van der Waals surface area contributed by atoms with Gasteiger partial charge >= 0.3 is 0 Å². The second kappa shape index (κ2) is 8.05. The lowest BCUT2D eigenvalue weighted by atomic mass is 10.1. The third kappa shape index (κ3) is 5.08. The van der Waals surface area contributed by atoms with Gasteiger partial charge in [0.25, 0.3) is 0 Å². The second-order valence-electron chi connectivity index (χ2n) is 4.09. The number of hydrogen-bond donors (Lipinski definition) is 1. The SMILES string of the molecule is C=CCCCCCN[C@@H](C)c1ccncc1. The molecule has 88 valence electrons. The normalized spacial score (nSPS) is 12.3. The van der Waals surface area contributed by atoms with Gasteiger partial charge in [0.05, 0.1) is 0 Å². The molecule has 0 saturated heterocycles. The highest BCUT2D eigenvalue weighted by Gasteiger charge is 2.02. The van der Waals surface area contributed by atoms with Gasteiger partial charge in [-0.3, -0.25) is 4.98 Å². The van der Waals surface area contributed by atoms with Crippen molar-refractivity contribution < 1.29 is 0 Å². The average molecular weight is 218 g/mol. The minimum Gasteiger partial charge on any atom is -0.310 e. The number of allylic oxidation sites excluding steroid dienone is 1. The number of nitrogens with one attached hydrogen (secondary N) is 1. The summed E-state index contributed by atoms with van der Waals surface area (Å²) in [4.78, 5) is 4.02. The smallest absolute Gasteiger partial charge is 0.0292 e. The van der Waals surface area contributed by atoms with Crippen LogP contribution in [0.15, 0.2) is 37.2 Å². The Morgan fingerprint density at radius 3 is 2.75 bits per heavy atom. The molecule has 0 radical (unpaired) electrons. The predicted octanol–water partition coefficient (Wildman–Crippen LogP) is 3.48. The monoisotopic (exact) mass is 218 g/mol. The van der Waals surface area contributed by atoms with Crippen LogP contribution >= 0.6 is 0 Å². The average Bonchev–Trinajstić information content (AvgIpc) is 2.34. The van der Waals surface area contributed by atoms with Crippen LogP contribution in [0.25, 0.3) is 0 Å².